The van der Waals surface area contributed by atoms with Crippen LogP contribution >= 0.6 is 35.0 Å². The third kappa shape index (κ3) is 5.51. The lowest BCUT2D eigenvalue weighted by molar-refractivity contribution is -0.131. The normalized spacial score (nSPS) is 11.5. The molecule has 0 radical (unpaired) electrons. The van der Waals surface area contributed by atoms with Crippen LogP contribution in [0.1, 0.15) is 17.0 Å². The molecule has 0 aliphatic heterocycles. The molecule has 0 bridgehead atoms. The lowest BCUT2D eigenvalue weighted by atomic mass is 10.2. The molecule has 9 heteroatoms. The van der Waals surface area contributed by atoms with Crippen LogP contribution in [0.3, 0.4) is 0 Å². The van der Waals surface area contributed by atoms with Gasteiger partial charge in [0.15, 0.2) is 0 Å². The predicted molar refractivity (Wildman–Crippen MR) is 108 cm³/mol. The minimum atomic E-state index is -1.08. The summed E-state index contributed by atoms with van der Waals surface area (Å²) in [6.45, 7) is 1.97. The van der Waals surface area contributed by atoms with Crippen molar-refractivity contribution in [3.63, 3.8) is 0 Å². The van der Waals surface area contributed by atoms with Gasteiger partial charge in [-0.2, -0.15) is 0 Å². The molecule has 1 aromatic heterocycles. The quantitative estimate of drug-likeness (QED) is 0.387. The Morgan fingerprint density at radius 2 is 1.93 bits per heavy atom. The fourth-order valence-electron chi connectivity index (χ4n) is 2.16. The molecule has 0 amide bonds. The second kappa shape index (κ2) is 9.14. The van der Waals surface area contributed by atoms with Crippen molar-refractivity contribution >= 4 is 47.0 Å². The third-order valence-corrected chi connectivity index (χ3v) is 5.07. The van der Waals surface area contributed by atoms with E-state index in [4.69, 9.17) is 32.4 Å². The van der Waals surface area contributed by atoms with Gasteiger partial charge in [0.05, 0.1) is 10.0 Å². The number of carboxylic acid groups (broad SMARTS) is 1. The Morgan fingerprint density at radius 3 is 2.54 bits per heavy atom. The molecule has 0 saturated carbocycles. The van der Waals surface area contributed by atoms with E-state index in [1.807, 2.05) is 6.07 Å². The topological polar surface area (TPSA) is 85.5 Å². The number of aryl methyl sites for hydroxylation is 1. The van der Waals surface area contributed by atoms with Crippen molar-refractivity contribution in [3.8, 4) is 5.75 Å². The van der Waals surface area contributed by atoms with E-state index < -0.39 is 5.97 Å². The number of aromatic nitrogens is 2. The van der Waals surface area contributed by atoms with E-state index in [2.05, 4.69) is 10.2 Å². The summed E-state index contributed by atoms with van der Waals surface area (Å²) in [5, 5.41) is 18.0. The molecule has 0 aliphatic rings. The smallest absolute Gasteiger partial charge is 0.342 e. The molecule has 144 valence electrons. The van der Waals surface area contributed by atoms with Crippen LogP contribution in [0.15, 0.2) is 57.0 Å². The van der Waals surface area contributed by atoms with Crippen molar-refractivity contribution in [1.29, 1.82) is 0 Å². The second-order valence-corrected chi connectivity index (χ2v) is 7.42. The number of hydrogen-bond donors (Lipinski definition) is 1. The number of ether oxygens (including phenoxy) is 1. The van der Waals surface area contributed by atoms with Gasteiger partial charge in [0, 0.05) is 6.92 Å². The molecule has 0 fully saturated rings. The SMILES string of the molecule is Cc1nnc(S/C(=C\c2ccc(OCc3ccc(Cl)c(Cl)c3)cc2)C(=O)O)o1. The van der Waals surface area contributed by atoms with E-state index in [1.54, 1.807) is 43.3 Å². The Labute approximate surface area is 175 Å². The van der Waals surface area contributed by atoms with Gasteiger partial charge < -0.3 is 14.3 Å². The fourth-order valence-corrected chi connectivity index (χ4v) is 3.19. The van der Waals surface area contributed by atoms with E-state index in [9.17, 15) is 9.90 Å². The maximum absolute atomic E-state index is 11.5. The summed E-state index contributed by atoms with van der Waals surface area (Å²) < 4.78 is 10.9. The van der Waals surface area contributed by atoms with Crippen LogP contribution in [0.25, 0.3) is 6.08 Å². The predicted octanol–water partition coefficient (Wildman–Crippen LogP) is 5.48. The highest BCUT2D eigenvalue weighted by atomic mass is 35.5. The summed E-state index contributed by atoms with van der Waals surface area (Å²) in [4.78, 5) is 11.5. The molecule has 1 heterocycles. The molecule has 3 aromatic rings. The molecular formula is C19H14Cl2N2O4S. The Morgan fingerprint density at radius 1 is 1.18 bits per heavy atom. The summed E-state index contributed by atoms with van der Waals surface area (Å²) in [5.74, 6) is -0.0724. The molecule has 3 rings (SSSR count). The van der Waals surface area contributed by atoms with Crippen LogP contribution in [0.2, 0.25) is 10.0 Å². The number of benzene rings is 2. The zero-order valence-electron chi connectivity index (χ0n) is 14.6. The minimum Gasteiger partial charge on any atom is -0.489 e. The van der Waals surface area contributed by atoms with Gasteiger partial charge in [-0.3, -0.25) is 0 Å². The van der Waals surface area contributed by atoms with Crippen molar-refractivity contribution in [2.24, 2.45) is 0 Å². The Hall–Kier alpha value is -2.48. The number of aliphatic carboxylic acids is 1. The lowest BCUT2D eigenvalue weighted by Crippen LogP contribution is -1.97. The highest BCUT2D eigenvalue weighted by Gasteiger charge is 2.14. The van der Waals surface area contributed by atoms with E-state index in [1.165, 1.54) is 6.08 Å². The summed E-state index contributed by atoms with van der Waals surface area (Å²) in [7, 11) is 0. The van der Waals surface area contributed by atoms with Gasteiger partial charge in [-0.25, -0.2) is 4.79 Å². The first kappa shape index (κ1) is 20.3. The van der Waals surface area contributed by atoms with Gasteiger partial charge in [-0.15, -0.1) is 10.2 Å². The standard InChI is InChI=1S/C19H14Cl2N2O4S/c1-11-22-23-19(27-11)28-17(18(24)25)9-12-2-5-14(6-3-12)26-10-13-4-7-15(20)16(21)8-13/h2-9H,10H2,1H3,(H,24,25)/b17-9-. The van der Waals surface area contributed by atoms with Gasteiger partial charge in [0.25, 0.3) is 5.22 Å². The van der Waals surface area contributed by atoms with Gasteiger partial charge in [-0.05, 0) is 53.2 Å². The molecule has 0 atom stereocenters. The van der Waals surface area contributed by atoms with Crippen LogP contribution in [-0.4, -0.2) is 21.3 Å². The molecule has 28 heavy (non-hydrogen) atoms. The van der Waals surface area contributed by atoms with Crippen molar-refractivity contribution < 1.29 is 19.1 Å². The van der Waals surface area contributed by atoms with Crippen LogP contribution in [0, 0.1) is 6.92 Å². The van der Waals surface area contributed by atoms with Crippen molar-refractivity contribution in [1.82, 2.24) is 10.2 Å². The largest absolute Gasteiger partial charge is 0.489 e. The van der Waals surface area contributed by atoms with E-state index in [0.29, 0.717) is 33.9 Å². The second-order valence-electron chi connectivity index (χ2n) is 5.61. The number of carbonyl (C=O) groups is 1. The van der Waals surface area contributed by atoms with Gasteiger partial charge >= 0.3 is 5.97 Å². The average Bonchev–Trinajstić information content (AvgIpc) is 3.08. The molecule has 0 saturated heterocycles. The maximum atomic E-state index is 11.5. The van der Waals surface area contributed by atoms with Crippen molar-refractivity contribution in [2.75, 3.05) is 0 Å². The summed E-state index contributed by atoms with van der Waals surface area (Å²) in [6.07, 6.45) is 1.52. The first-order valence-electron chi connectivity index (χ1n) is 8.00. The molecular weight excluding hydrogens is 423 g/mol. The highest BCUT2D eigenvalue weighted by Crippen LogP contribution is 2.28. The summed E-state index contributed by atoms with van der Waals surface area (Å²) in [5.41, 5.74) is 1.58. The first-order valence-corrected chi connectivity index (χ1v) is 9.57. The number of hydrogen-bond acceptors (Lipinski definition) is 6. The lowest BCUT2D eigenvalue weighted by Gasteiger charge is -2.07. The van der Waals surface area contributed by atoms with Crippen molar-refractivity contribution in [3.05, 3.63) is 74.4 Å². The molecule has 6 nitrogen and oxygen atoms in total. The van der Waals surface area contributed by atoms with Crippen LogP contribution in [-0.2, 0) is 11.4 Å². The maximum Gasteiger partial charge on any atom is 0.342 e. The molecule has 2 aromatic carbocycles. The number of rotatable bonds is 7. The highest BCUT2D eigenvalue weighted by molar-refractivity contribution is 8.03. The molecule has 0 unspecified atom stereocenters. The third-order valence-electron chi connectivity index (χ3n) is 3.48. The summed E-state index contributed by atoms with van der Waals surface area (Å²) in [6, 6.07) is 12.3. The van der Waals surface area contributed by atoms with Gasteiger partial charge in [0.2, 0.25) is 5.89 Å². The van der Waals surface area contributed by atoms with Crippen LogP contribution in [0.5, 0.6) is 5.75 Å². The van der Waals surface area contributed by atoms with E-state index in [0.717, 1.165) is 17.3 Å². The number of thioether (sulfide) groups is 1. The van der Waals surface area contributed by atoms with Crippen molar-refractivity contribution in [2.45, 2.75) is 18.8 Å². The fraction of sp³-hybridized carbons (Fsp3) is 0.105. The van der Waals surface area contributed by atoms with E-state index >= 15 is 0 Å². The Kier molecular flexibility index (Phi) is 6.61. The number of halogens is 2. The van der Waals surface area contributed by atoms with Crippen LogP contribution in [0.4, 0.5) is 0 Å². The Balaban J connectivity index is 1.67. The Bertz CT molecular complexity index is 1020. The first-order chi connectivity index (χ1) is 13.4. The number of carboxylic acids is 1. The summed E-state index contributed by atoms with van der Waals surface area (Å²) >= 11 is 12.8. The zero-order chi connectivity index (χ0) is 20.1. The number of nitrogens with zero attached hydrogens (tertiary/aromatic N) is 2. The van der Waals surface area contributed by atoms with E-state index in [-0.39, 0.29) is 10.1 Å². The molecule has 0 aliphatic carbocycles. The zero-order valence-corrected chi connectivity index (χ0v) is 16.9. The molecule has 0 spiro atoms. The monoisotopic (exact) mass is 436 g/mol. The van der Waals surface area contributed by atoms with Gasteiger partial charge in [-0.1, -0.05) is 41.4 Å². The molecule has 1 N–H and O–H groups in total. The van der Waals surface area contributed by atoms with Crippen LogP contribution < -0.4 is 4.74 Å². The van der Waals surface area contributed by atoms with Gasteiger partial charge in [0.1, 0.15) is 17.3 Å². The average molecular weight is 437 g/mol. The minimum absolute atomic E-state index is 0.0631.